The Kier molecular flexibility index (Phi) is 8.65. The number of amides is 1. The molecule has 2 N–H and O–H groups in total. The number of hydrogen-bond donors (Lipinski definition) is 2. The van der Waals surface area contributed by atoms with E-state index in [1.165, 1.54) is 6.07 Å². The second-order valence-electron chi connectivity index (χ2n) is 7.96. The number of carboxylic acid groups (broad SMARTS) is 1. The first kappa shape index (κ1) is 27.8. The molecule has 1 saturated heterocycles. The Bertz CT molecular complexity index is 1330. The fourth-order valence-corrected chi connectivity index (χ4v) is 4.73. The highest BCUT2D eigenvalue weighted by Crippen LogP contribution is 2.20. The number of hydrogen-bond acceptors (Lipinski definition) is 9. The normalized spacial score (nSPS) is 15.1. The monoisotopic (exact) mass is 544 g/mol. The van der Waals surface area contributed by atoms with Crippen LogP contribution < -0.4 is 9.62 Å². The average molecular weight is 545 g/mol. The third-order valence-electron chi connectivity index (χ3n) is 5.40. The number of carboxylic acids is 1. The third-order valence-corrected chi connectivity index (χ3v) is 6.86. The van der Waals surface area contributed by atoms with Crippen molar-refractivity contribution in [3.8, 4) is 0 Å². The van der Waals surface area contributed by atoms with Crippen molar-refractivity contribution >= 4 is 38.6 Å². The molecule has 1 fully saturated rings. The van der Waals surface area contributed by atoms with Gasteiger partial charge in [-0.2, -0.15) is 13.2 Å². The summed E-state index contributed by atoms with van der Waals surface area (Å²) in [4.78, 5) is 29.7. The van der Waals surface area contributed by atoms with Gasteiger partial charge in [-0.05, 0) is 34.6 Å². The molecule has 3 aromatic rings. The fraction of sp³-hybridized carbons (Fsp3) is 0.381. The van der Waals surface area contributed by atoms with Crippen LogP contribution in [0.3, 0.4) is 0 Å². The number of benzene rings is 1. The molecule has 0 radical (unpaired) electrons. The molecule has 16 heteroatoms. The van der Waals surface area contributed by atoms with Crippen molar-refractivity contribution in [1.29, 1.82) is 0 Å². The van der Waals surface area contributed by atoms with Crippen LogP contribution in [0.5, 0.6) is 0 Å². The van der Waals surface area contributed by atoms with Crippen LogP contribution in [0.25, 0.3) is 11.0 Å². The first-order valence-electron chi connectivity index (χ1n) is 10.8. The SMILES string of the molecule is CC(CNS(=O)(=O)c1cccc2nonc12)C(=O)N1CCN(c2ccncc2)CC1.O=C(O)C(F)(F)F. The largest absolute Gasteiger partial charge is 0.490 e. The van der Waals surface area contributed by atoms with Gasteiger partial charge in [-0.3, -0.25) is 9.78 Å². The molecular weight excluding hydrogens is 521 g/mol. The number of pyridine rings is 1. The van der Waals surface area contributed by atoms with Gasteiger partial charge in [0, 0.05) is 56.7 Å². The second kappa shape index (κ2) is 11.5. The summed E-state index contributed by atoms with van der Waals surface area (Å²) >= 11 is 0. The van der Waals surface area contributed by atoms with Gasteiger partial charge in [-0.25, -0.2) is 22.6 Å². The van der Waals surface area contributed by atoms with Crippen LogP contribution in [0, 0.1) is 5.92 Å². The van der Waals surface area contributed by atoms with Gasteiger partial charge in [0.05, 0.1) is 0 Å². The van der Waals surface area contributed by atoms with Gasteiger partial charge in [0.15, 0.2) is 5.52 Å². The Morgan fingerprint density at radius 3 is 2.32 bits per heavy atom. The topological polar surface area (TPSA) is 159 Å². The van der Waals surface area contributed by atoms with Gasteiger partial charge in [-0.15, -0.1) is 0 Å². The van der Waals surface area contributed by atoms with E-state index in [9.17, 15) is 26.4 Å². The van der Waals surface area contributed by atoms with Crippen LogP contribution in [0.1, 0.15) is 6.92 Å². The molecule has 1 atom stereocenters. The molecule has 12 nitrogen and oxygen atoms in total. The lowest BCUT2D eigenvalue weighted by atomic mass is 10.1. The number of aromatic nitrogens is 3. The lowest BCUT2D eigenvalue weighted by Gasteiger charge is -2.37. The Balaban J connectivity index is 0.000000479. The quantitative estimate of drug-likeness (QED) is 0.466. The highest BCUT2D eigenvalue weighted by Gasteiger charge is 2.38. The van der Waals surface area contributed by atoms with Crippen molar-refractivity contribution in [2.24, 2.45) is 5.92 Å². The van der Waals surface area contributed by atoms with Gasteiger partial charge in [-0.1, -0.05) is 13.0 Å². The number of anilines is 1. The molecule has 0 saturated carbocycles. The molecule has 1 unspecified atom stereocenters. The zero-order valence-electron chi connectivity index (χ0n) is 19.4. The van der Waals surface area contributed by atoms with Crippen LogP contribution in [0.15, 0.2) is 52.3 Å². The lowest BCUT2D eigenvalue weighted by Crippen LogP contribution is -2.51. The molecule has 0 bridgehead atoms. The van der Waals surface area contributed by atoms with Gasteiger partial charge in [0.2, 0.25) is 15.9 Å². The summed E-state index contributed by atoms with van der Waals surface area (Å²) in [7, 11) is -3.86. The van der Waals surface area contributed by atoms with Crippen LogP contribution >= 0.6 is 0 Å². The smallest absolute Gasteiger partial charge is 0.475 e. The number of carbonyl (C=O) groups excluding carboxylic acids is 1. The Labute approximate surface area is 209 Å². The highest BCUT2D eigenvalue weighted by atomic mass is 32.2. The second-order valence-corrected chi connectivity index (χ2v) is 9.70. The minimum absolute atomic E-state index is 0.00654. The molecule has 3 heterocycles. The summed E-state index contributed by atoms with van der Waals surface area (Å²) in [5.41, 5.74) is 1.60. The van der Waals surface area contributed by atoms with Crippen molar-refractivity contribution in [3.05, 3.63) is 42.7 Å². The van der Waals surface area contributed by atoms with E-state index >= 15 is 0 Å². The maximum absolute atomic E-state index is 12.8. The van der Waals surface area contributed by atoms with Gasteiger partial charge >= 0.3 is 12.1 Å². The Morgan fingerprint density at radius 2 is 1.73 bits per heavy atom. The van der Waals surface area contributed by atoms with Crippen molar-refractivity contribution in [3.63, 3.8) is 0 Å². The van der Waals surface area contributed by atoms with Crippen LogP contribution in [-0.4, -0.2) is 84.5 Å². The van der Waals surface area contributed by atoms with E-state index in [1.807, 2.05) is 12.1 Å². The molecule has 1 aliphatic heterocycles. The number of nitrogens with zero attached hydrogens (tertiary/aromatic N) is 5. The number of alkyl halides is 3. The summed E-state index contributed by atoms with van der Waals surface area (Å²) in [5, 5.41) is 14.4. The molecule has 0 aliphatic carbocycles. The van der Waals surface area contributed by atoms with Crippen molar-refractivity contribution < 1.29 is 40.9 Å². The predicted octanol–water partition coefficient (Wildman–Crippen LogP) is 1.51. The van der Waals surface area contributed by atoms with Crippen LogP contribution in [0.4, 0.5) is 18.9 Å². The number of nitrogens with one attached hydrogen (secondary N) is 1. The number of rotatable bonds is 6. The number of halogens is 3. The summed E-state index contributed by atoms with van der Waals surface area (Å²) in [6.45, 7) is 4.32. The standard InChI is InChI=1S/C19H22N6O4S.C2HF3O2/c1-14(13-21-30(27,28)17-4-2-3-16-18(17)23-29-22-16)19(26)25-11-9-24(10-12-25)15-5-7-20-8-6-15;3-2(4,5)1(6)7/h2-8,14,21H,9-13H2,1H3;(H,6,7). The number of sulfonamides is 1. The van der Waals surface area contributed by atoms with E-state index in [4.69, 9.17) is 9.90 Å². The minimum atomic E-state index is -5.08. The van der Waals surface area contributed by atoms with E-state index in [-0.39, 0.29) is 22.9 Å². The third kappa shape index (κ3) is 7.13. The molecular formula is C21H23F3N6O6S. The lowest BCUT2D eigenvalue weighted by molar-refractivity contribution is -0.192. The maximum Gasteiger partial charge on any atom is 0.490 e. The van der Waals surface area contributed by atoms with E-state index in [1.54, 1.807) is 36.4 Å². The van der Waals surface area contributed by atoms with Gasteiger partial charge in [0.1, 0.15) is 10.4 Å². The number of piperazine rings is 1. The average Bonchev–Trinajstić information content (AvgIpc) is 3.36. The molecule has 37 heavy (non-hydrogen) atoms. The number of fused-ring (bicyclic) bond motifs is 1. The number of aliphatic carboxylic acids is 1. The predicted molar refractivity (Wildman–Crippen MR) is 123 cm³/mol. The molecule has 2 aromatic heterocycles. The Morgan fingerprint density at radius 1 is 1.11 bits per heavy atom. The first-order valence-corrected chi connectivity index (χ1v) is 12.3. The molecule has 200 valence electrons. The summed E-state index contributed by atoms with van der Waals surface area (Å²) in [6, 6.07) is 8.50. The molecule has 1 aromatic carbocycles. The maximum atomic E-state index is 12.8. The van der Waals surface area contributed by atoms with Gasteiger partial charge < -0.3 is 14.9 Å². The van der Waals surface area contributed by atoms with E-state index in [2.05, 4.69) is 29.5 Å². The highest BCUT2D eigenvalue weighted by molar-refractivity contribution is 7.89. The zero-order valence-corrected chi connectivity index (χ0v) is 20.2. The summed E-state index contributed by atoms with van der Waals surface area (Å²) < 4.78 is 64.2. The van der Waals surface area contributed by atoms with Crippen LogP contribution in [0.2, 0.25) is 0 Å². The number of carbonyl (C=O) groups is 2. The molecule has 0 spiro atoms. The van der Waals surface area contributed by atoms with E-state index in [0.717, 1.165) is 18.8 Å². The van der Waals surface area contributed by atoms with Crippen molar-refractivity contribution in [2.75, 3.05) is 37.6 Å². The van der Waals surface area contributed by atoms with E-state index in [0.29, 0.717) is 18.6 Å². The van der Waals surface area contributed by atoms with Gasteiger partial charge in [0.25, 0.3) is 0 Å². The molecule has 1 aliphatic rings. The molecule has 1 amide bonds. The summed E-state index contributed by atoms with van der Waals surface area (Å²) in [5.74, 6) is -3.33. The van der Waals surface area contributed by atoms with Crippen molar-refractivity contribution in [2.45, 2.75) is 18.0 Å². The Hall–Kier alpha value is -3.79. The fourth-order valence-electron chi connectivity index (χ4n) is 3.45. The molecule has 4 rings (SSSR count). The van der Waals surface area contributed by atoms with Crippen molar-refractivity contribution in [1.82, 2.24) is 24.9 Å². The summed E-state index contributed by atoms with van der Waals surface area (Å²) in [6.07, 6.45) is -1.59. The van der Waals surface area contributed by atoms with E-state index < -0.39 is 28.1 Å². The van der Waals surface area contributed by atoms with Crippen LogP contribution in [-0.2, 0) is 19.6 Å². The zero-order chi connectivity index (χ0) is 27.2. The first-order chi connectivity index (χ1) is 17.4. The minimum Gasteiger partial charge on any atom is -0.475 e.